The molecule has 0 heterocycles. The molecule has 0 amide bonds. The third kappa shape index (κ3) is 11.8. The van der Waals surface area contributed by atoms with Crippen LogP contribution in [0.2, 0.25) is 0 Å². The van der Waals surface area contributed by atoms with Crippen LogP contribution in [0.4, 0.5) is 0 Å². The van der Waals surface area contributed by atoms with Crippen molar-refractivity contribution >= 4 is 5.78 Å². The minimum Gasteiger partial charge on any atom is -0.379 e. The first-order chi connectivity index (χ1) is 8.20. The zero-order chi connectivity index (χ0) is 12.9. The van der Waals surface area contributed by atoms with Crippen LogP contribution in [0.1, 0.15) is 33.6 Å². The predicted molar refractivity (Wildman–Crippen MR) is 69.3 cm³/mol. The van der Waals surface area contributed by atoms with Crippen LogP contribution in [0.5, 0.6) is 0 Å². The molecule has 0 N–H and O–H groups in total. The molecule has 0 aliphatic carbocycles. The average molecular weight is 245 g/mol. The number of nitrogens with zero attached hydrogens (tertiary/aromatic N) is 1. The van der Waals surface area contributed by atoms with Crippen LogP contribution in [0, 0.1) is 0 Å². The monoisotopic (exact) mass is 245 g/mol. The first-order valence-electron chi connectivity index (χ1n) is 6.58. The van der Waals surface area contributed by atoms with E-state index >= 15 is 0 Å². The van der Waals surface area contributed by atoms with Gasteiger partial charge in [0.2, 0.25) is 0 Å². The van der Waals surface area contributed by atoms with Gasteiger partial charge in [-0.3, -0.25) is 0 Å². The van der Waals surface area contributed by atoms with Gasteiger partial charge < -0.3 is 19.2 Å². The molecule has 0 bridgehead atoms. The van der Waals surface area contributed by atoms with Crippen molar-refractivity contribution in [1.29, 1.82) is 0 Å². The molecule has 0 aromatic rings. The van der Waals surface area contributed by atoms with E-state index in [1.54, 1.807) is 6.92 Å². The number of hydrogen-bond donors (Lipinski definition) is 0. The smallest absolute Gasteiger partial charge is 0.129 e. The summed E-state index contributed by atoms with van der Waals surface area (Å²) in [7, 11) is 0. The van der Waals surface area contributed by atoms with Gasteiger partial charge in [0.15, 0.2) is 0 Å². The van der Waals surface area contributed by atoms with Crippen LogP contribution in [0.3, 0.4) is 0 Å². The lowest BCUT2D eigenvalue weighted by atomic mass is 10.2. The van der Waals surface area contributed by atoms with Crippen molar-refractivity contribution in [2.45, 2.75) is 33.6 Å². The van der Waals surface area contributed by atoms with Crippen LogP contribution >= 0.6 is 0 Å². The molecule has 0 aromatic heterocycles. The number of Topliss-reactive ketones (excluding diaryl/α,β-unsaturated/α-hetero) is 1. The SMILES string of the molecule is CCOCCOCCN(CC)CCCC(C)=O. The Labute approximate surface area is 105 Å². The molecular formula is C13H27NO3. The van der Waals surface area contributed by atoms with E-state index in [2.05, 4.69) is 11.8 Å². The first kappa shape index (κ1) is 16.6. The highest BCUT2D eigenvalue weighted by Gasteiger charge is 2.02. The molecule has 0 atom stereocenters. The second-order valence-electron chi connectivity index (χ2n) is 4.05. The Morgan fingerprint density at radius 2 is 1.76 bits per heavy atom. The molecule has 0 aromatic carbocycles. The third-order valence-electron chi connectivity index (χ3n) is 2.58. The van der Waals surface area contributed by atoms with Crippen LogP contribution in [-0.4, -0.2) is 56.7 Å². The lowest BCUT2D eigenvalue weighted by molar-refractivity contribution is -0.117. The lowest BCUT2D eigenvalue weighted by Crippen LogP contribution is -2.29. The van der Waals surface area contributed by atoms with Crippen molar-refractivity contribution in [3.63, 3.8) is 0 Å². The van der Waals surface area contributed by atoms with Gasteiger partial charge >= 0.3 is 0 Å². The van der Waals surface area contributed by atoms with E-state index < -0.39 is 0 Å². The number of hydrogen-bond acceptors (Lipinski definition) is 4. The number of carbonyl (C=O) groups excluding carboxylic acids is 1. The van der Waals surface area contributed by atoms with Gasteiger partial charge in [0.1, 0.15) is 5.78 Å². The highest BCUT2D eigenvalue weighted by Crippen LogP contribution is 1.96. The summed E-state index contributed by atoms with van der Waals surface area (Å²) in [6.07, 6.45) is 1.63. The van der Waals surface area contributed by atoms with Crippen LogP contribution in [-0.2, 0) is 14.3 Å². The molecule has 0 spiro atoms. The zero-order valence-corrected chi connectivity index (χ0v) is 11.5. The summed E-state index contributed by atoms with van der Waals surface area (Å²) in [5.74, 6) is 0.272. The molecule has 17 heavy (non-hydrogen) atoms. The molecule has 0 aliphatic heterocycles. The molecule has 102 valence electrons. The summed E-state index contributed by atoms with van der Waals surface area (Å²) in [6.45, 7) is 11.5. The van der Waals surface area contributed by atoms with Gasteiger partial charge in [-0.25, -0.2) is 0 Å². The maximum atomic E-state index is 10.8. The minimum absolute atomic E-state index is 0.272. The normalized spacial score (nSPS) is 11.1. The second kappa shape index (κ2) is 12.0. The zero-order valence-electron chi connectivity index (χ0n) is 11.5. The fraction of sp³-hybridized carbons (Fsp3) is 0.923. The Morgan fingerprint density at radius 3 is 2.35 bits per heavy atom. The number of carbonyl (C=O) groups is 1. The Morgan fingerprint density at radius 1 is 1.06 bits per heavy atom. The van der Waals surface area contributed by atoms with Gasteiger partial charge in [0, 0.05) is 19.6 Å². The third-order valence-corrected chi connectivity index (χ3v) is 2.58. The lowest BCUT2D eigenvalue weighted by Gasteiger charge is -2.19. The maximum absolute atomic E-state index is 10.8. The number of ether oxygens (including phenoxy) is 2. The summed E-state index contributed by atoms with van der Waals surface area (Å²) >= 11 is 0. The second-order valence-corrected chi connectivity index (χ2v) is 4.05. The van der Waals surface area contributed by atoms with Gasteiger partial charge in [-0.15, -0.1) is 0 Å². The summed E-state index contributed by atoms with van der Waals surface area (Å²) in [4.78, 5) is 13.1. The Balaban J connectivity index is 3.38. The largest absolute Gasteiger partial charge is 0.379 e. The minimum atomic E-state index is 0.272. The molecule has 0 saturated heterocycles. The van der Waals surface area contributed by atoms with Gasteiger partial charge in [0.25, 0.3) is 0 Å². The van der Waals surface area contributed by atoms with Gasteiger partial charge in [-0.2, -0.15) is 0 Å². The van der Waals surface area contributed by atoms with Crippen molar-refractivity contribution in [3.8, 4) is 0 Å². The predicted octanol–water partition coefficient (Wildman–Crippen LogP) is 1.73. The molecule has 0 saturated carbocycles. The molecular weight excluding hydrogens is 218 g/mol. The maximum Gasteiger partial charge on any atom is 0.129 e. The van der Waals surface area contributed by atoms with Crippen molar-refractivity contribution in [2.24, 2.45) is 0 Å². The highest BCUT2D eigenvalue weighted by molar-refractivity contribution is 5.75. The molecule has 0 unspecified atom stereocenters. The van der Waals surface area contributed by atoms with Gasteiger partial charge in [-0.05, 0) is 33.4 Å². The Hall–Kier alpha value is -0.450. The number of likely N-dealkylation sites (N-methyl/N-ethyl adjacent to an activating group) is 1. The Bertz CT molecular complexity index is 186. The van der Waals surface area contributed by atoms with Crippen LogP contribution in [0.15, 0.2) is 0 Å². The molecule has 0 radical (unpaired) electrons. The van der Waals surface area contributed by atoms with E-state index in [0.717, 1.165) is 39.3 Å². The van der Waals surface area contributed by atoms with Gasteiger partial charge in [0.05, 0.1) is 19.8 Å². The van der Waals surface area contributed by atoms with E-state index in [1.807, 2.05) is 6.92 Å². The fourth-order valence-electron chi connectivity index (χ4n) is 1.54. The topological polar surface area (TPSA) is 38.8 Å². The highest BCUT2D eigenvalue weighted by atomic mass is 16.5. The summed E-state index contributed by atoms with van der Waals surface area (Å²) in [5, 5.41) is 0. The molecule has 4 heteroatoms. The van der Waals surface area contributed by atoms with E-state index in [0.29, 0.717) is 19.6 Å². The first-order valence-corrected chi connectivity index (χ1v) is 6.58. The molecule has 0 aliphatic rings. The molecule has 4 nitrogen and oxygen atoms in total. The summed E-state index contributed by atoms with van der Waals surface area (Å²) in [5.41, 5.74) is 0. The average Bonchev–Trinajstić information content (AvgIpc) is 2.30. The summed E-state index contributed by atoms with van der Waals surface area (Å²) in [6, 6.07) is 0. The van der Waals surface area contributed by atoms with E-state index in [4.69, 9.17) is 9.47 Å². The van der Waals surface area contributed by atoms with Crippen molar-refractivity contribution in [3.05, 3.63) is 0 Å². The van der Waals surface area contributed by atoms with E-state index in [9.17, 15) is 4.79 Å². The van der Waals surface area contributed by atoms with Crippen LogP contribution < -0.4 is 0 Å². The van der Waals surface area contributed by atoms with E-state index in [-0.39, 0.29) is 5.78 Å². The van der Waals surface area contributed by atoms with Crippen molar-refractivity contribution in [2.75, 3.05) is 46.1 Å². The number of ketones is 1. The summed E-state index contributed by atoms with van der Waals surface area (Å²) < 4.78 is 10.6. The Kier molecular flexibility index (Phi) is 11.7. The quantitative estimate of drug-likeness (QED) is 0.491. The van der Waals surface area contributed by atoms with Crippen LogP contribution in [0.25, 0.3) is 0 Å². The van der Waals surface area contributed by atoms with Gasteiger partial charge in [-0.1, -0.05) is 6.92 Å². The van der Waals surface area contributed by atoms with Crippen molar-refractivity contribution < 1.29 is 14.3 Å². The van der Waals surface area contributed by atoms with E-state index in [1.165, 1.54) is 0 Å². The molecule has 0 rings (SSSR count). The molecule has 0 fully saturated rings. The fourth-order valence-corrected chi connectivity index (χ4v) is 1.54. The standard InChI is InChI=1S/C13H27NO3/c1-4-14(8-6-7-13(3)15)9-10-17-12-11-16-5-2/h4-12H2,1-3H3. The number of rotatable bonds is 12. The van der Waals surface area contributed by atoms with Crippen molar-refractivity contribution in [1.82, 2.24) is 4.90 Å².